The predicted octanol–water partition coefficient (Wildman–Crippen LogP) is 2.40. The maximum absolute atomic E-state index is 10.4. The van der Waals surface area contributed by atoms with Gasteiger partial charge in [-0.2, -0.15) is 0 Å². The van der Waals surface area contributed by atoms with Crippen molar-refractivity contribution < 1.29 is 4.79 Å². The molecule has 0 aliphatic carbocycles. The summed E-state index contributed by atoms with van der Waals surface area (Å²) >= 11 is 0. The van der Waals surface area contributed by atoms with Crippen molar-refractivity contribution in [1.29, 1.82) is 0 Å². The number of nitrogens with zero attached hydrogens (tertiary/aromatic N) is 1. The number of carbonyl (C=O) groups excluding carboxylic acids is 1. The first-order valence-corrected chi connectivity index (χ1v) is 4.29. The summed E-state index contributed by atoms with van der Waals surface area (Å²) in [5.41, 5.74) is 2.25. The first-order valence-electron chi connectivity index (χ1n) is 4.29. The lowest BCUT2D eigenvalue weighted by Gasteiger charge is -1.85. The van der Waals surface area contributed by atoms with Crippen LogP contribution in [0.3, 0.4) is 0 Å². The number of rotatable bonds is 1. The molecule has 68 valence electrons. The van der Waals surface area contributed by atoms with Crippen LogP contribution < -0.4 is 0 Å². The third-order valence-corrected chi connectivity index (χ3v) is 1.59. The van der Waals surface area contributed by atoms with Crippen molar-refractivity contribution in [3.8, 4) is 0 Å². The number of H-pyrrole nitrogens is 1. The minimum absolute atomic E-state index is 0.612. The summed E-state index contributed by atoms with van der Waals surface area (Å²) in [6.45, 7) is 4.00. The third-order valence-electron chi connectivity index (χ3n) is 1.59. The van der Waals surface area contributed by atoms with Crippen molar-refractivity contribution in [3.63, 3.8) is 0 Å². The minimum atomic E-state index is 0.612. The van der Waals surface area contributed by atoms with Crippen LogP contribution >= 0.6 is 0 Å². The molecule has 0 spiro atoms. The molecule has 0 saturated carbocycles. The summed E-state index contributed by atoms with van der Waals surface area (Å²) in [6.07, 6.45) is 4.12. The Bertz CT molecular complexity index is 392. The molecule has 0 saturated heterocycles. The molecule has 0 bridgehead atoms. The van der Waals surface area contributed by atoms with Gasteiger partial charge in [-0.3, -0.25) is 9.78 Å². The first kappa shape index (κ1) is 9.45. The summed E-state index contributed by atoms with van der Waals surface area (Å²) < 4.78 is 0. The van der Waals surface area contributed by atoms with Crippen molar-refractivity contribution >= 4 is 17.3 Å². The first-order chi connectivity index (χ1) is 6.42. The van der Waals surface area contributed by atoms with Gasteiger partial charge in [-0.1, -0.05) is 13.8 Å². The summed E-state index contributed by atoms with van der Waals surface area (Å²) in [5, 5.41) is 0. The van der Waals surface area contributed by atoms with Crippen LogP contribution in [0.2, 0.25) is 0 Å². The van der Waals surface area contributed by atoms with E-state index in [1.54, 1.807) is 12.4 Å². The summed E-state index contributed by atoms with van der Waals surface area (Å²) in [5.74, 6) is 0. The Hall–Kier alpha value is -1.64. The van der Waals surface area contributed by atoms with Crippen LogP contribution in [0.4, 0.5) is 0 Å². The third kappa shape index (κ3) is 1.75. The van der Waals surface area contributed by atoms with Gasteiger partial charge in [-0.05, 0) is 12.1 Å². The fraction of sp³-hybridized carbons (Fsp3) is 0.200. The van der Waals surface area contributed by atoms with Crippen molar-refractivity contribution in [1.82, 2.24) is 9.97 Å². The van der Waals surface area contributed by atoms with Crippen molar-refractivity contribution in [2.45, 2.75) is 13.8 Å². The molecule has 2 rings (SSSR count). The fourth-order valence-electron chi connectivity index (χ4n) is 1.07. The van der Waals surface area contributed by atoms with Gasteiger partial charge < -0.3 is 4.98 Å². The molecule has 2 aromatic heterocycles. The fourth-order valence-corrected chi connectivity index (χ4v) is 1.07. The Morgan fingerprint density at radius 3 is 2.92 bits per heavy atom. The van der Waals surface area contributed by atoms with E-state index in [1.807, 2.05) is 26.0 Å². The highest BCUT2D eigenvalue weighted by atomic mass is 16.1. The lowest BCUT2D eigenvalue weighted by Crippen LogP contribution is -1.77. The molecule has 3 heteroatoms. The van der Waals surface area contributed by atoms with E-state index in [-0.39, 0.29) is 0 Å². The van der Waals surface area contributed by atoms with Crippen LogP contribution in [0, 0.1) is 0 Å². The molecular formula is C10H12N2O. The van der Waals surface area contributed by atoms with Gasteiger partial charge in [0.25, 0.3) is 0 Å². The number of fused-ring (bicyclic) bond motifs is 1. The Morgan fingerprint density at radius 2 is 2.23 bits per heavy atom. The van der Waals surface area contributed by atoms with Gasteiger partial charge >= 0.3 is 0 Å². The Labute approximate surface area is 76.8 Å². The summed E-state index contributed by atoms with van der Waals surface area (Å²) in [6, 6.07) is 3.71. The van der Waals surface area contributed by atoms with E-state index in [2.05, 4.69) is 9.97 Å². The molecule has 0 amide bonds. The van der Waals surface area contributed by atoms with Gasteiger partial charge in [-0.25, -0.2) is 0 Å². The number of aromatic amines is 1. The van der Waals surface area contributed by atoms with E-state index in [0.717, 1.165) is 17.3 Å². The Balaban J connectivity index is 0.000000396. The lowest BCUT2D eigenvalue weighted by molar-refractivity contribution is 0.112. The van der Waals surface area contributed by atoms with Gasteiger partial charge in [0.1, 0.15) is 0 Å². The zero-order valence-corrected chi connectivity index (χ0v) is 7.74. The second kappa shape index (κ2) is 4.40. The summed E-state index contributed by atoms with van der Waals surface area (Å²) in [7, 11) is 0. The quantitative estimate of drug-likeness (QED) is 0.678. The molecule has 0 aliphatic rings. The van der Waals surface area contributed by atoms with Gasteiger partial charge in [-0.15, -0.1) is 0 Å². The van der Waals surface area contributed by atoms with E-state index in [0.29, 0.717) is 5.56 Å². The highest BCUT2D eigenvalue weighted by molar-refractivity contribution is 5.94. The number of aromatic nitrogens is 2. The normalized spacial score (nSPS) is 9.08. The molecule has 2 heterocycles. The maximum Gasteiger partial charge on any atom is 0.153 e. The molecule has 3 nitrogen and oxygen atoms in total. The standard InChI is InChI=1S/C8H6N2O.C2H6/c11-5-6-4-10-7-2-1-3-9-8(6)7;1-2/h1-5,10H;1-2H3. The number of carbonyl (C=O) groups is 1. The highest BCUT2D eigenvalue weighted by Crippen LogP contribution is 2.11. The van der Waals surface area contributed by atoms with E-state index < -0.39 is 0 Å². The molecule has 0 atom stereocenters. The van der Waals surface area contributed by atoms with Crippen LogP contribution in [0.15, 0.2) is 24.5 Å². The number of nitrogens with one attached hydrogen (secondary N) is 1. The smallest absolute Gasteiger partial charge is 0.153 e. The molecule has 0 unspecified atom stereocenters. The Morgan fingerprint density at radius 1 is 1.46 bits per heavy atom. The zero-order valence-electron chi connectivity index (χ0n) is 7.74. The van der Waals surface area contributed by atoms with Crippen LogP contribution in [-0.2, 0) is 0 Å². The summed E-state index contributed by atoms with van der Waals surface area (Å²) in [4.78, 5) is 17.4. The largest absolute Gasteiger partial charge is 0.359 e. The number of aldehydes is 1. The zero-order chi connectivity index (χ0) is 9.68. The second-order valence-electron chi connectivity index (χ2n) is 2.26. The van der Waals surface area contributed by atoms with E-state index in [1.165, 1.54) is 0 Å². The van der Waals surface area contributed by atoms with Crippen LogP contribution in [-0.4, -0.2) is 16.3 Å². The molecule has 13 heavy (non-hydrogen) atoms. The Kier molecular flexibility index (Phi) is 3.20. The van der Waals surface area contributed by atoms with Crippen molar-refractivity contribution in [3.05, 3.63) is 30.1 Å². The van der Waals surface area contributed by atoms with E-state index in [9.17, 15) is 4.79 Å². The molecule has 0 aromatic carbocycles. The van der Waals surface area contributed by atoms with Crippen molar-refractivity contribution in [2.24, 2.45) is 0 Å². The monoisotopic (exact) mass is 176 g/mol. The molecule has 0 radical (unpaired) electrons. The van der Waals surface area contributed by atoms with Crippen LogP contribution in [0.5, 0.6) is 0 Å². The molecule has 2 aromatic rings. The maximum atomic E-state index is 10.4. The van der Waals surface area contributed by atoms with E-state index in [4.69, 9.17) is 0 Å². The molecule has 1 N–H and O–H groups in total. The highest BCUT2D eigenvalue weighted by Gasteiger charge is 2.00. The lowest BCUT2D eigenvalue weighted by atomic mass is 10.3. The van der Waals surface area contributed by atoms with Crippen molar-refractivity contribution in [2.75, 3.05) is 0 Å². The van der Waals surface area contributed by atoms with Gasteiger partial charge in [0.05, 0.1) is 16.6 Å². The van der Waals surface area contributed by atoms with Crippen LogP contribution in [0.1, 0.15) is 24.2 Å². The predicted molar refractivity (Wildman–Crippen MR) is 52.8 cm³/mol. The number of pyridine rings is 1. The minimum Gasteiger partial charge on any atom is -0.359 e. The average Bonchev–Trinajstić information content (AvgIpc) is 2.64. The SMILES string of the molecule is CC.O=Cc1c[nH]c2cccnc12. The topological polar surface area (TPSA) is 45.8 Å². The number of hydrogen-bond donors (Lipinski definition) is 1. The van der Waals surface area contributed by atoms with Gasteiger partial charge in [0.2, 0.25) is 0 Å². The molecule has 0 aliphatic heterocycles. The second-order valence-corrected chi connectivity index (χ2v) is 2.26. The van der Waals surface area contributed by atoms with Gasteiger partial charge in [0.15, 0.2) is 6.29 Å². The molecule has 0 fully saturated rings. The van der Waals surface area contributed by atoms with Gasteiger partial charge in [0, 0.05) is 12.4 Å². The number of hydrogen-bond acceptors (Lipinski definition) is 2. The average molecular weight is 176 g/mol. The van der Waals surface area contributed by atoms with Crippen LogP contribution in [0.25, 0.3) is 11.0 Å². The van der Waals surface area contributed by atoms with E-state index >= 15 is 0 Å². The molecular weight excluding hydrogens is 164 g/mol.